The van der Waals surface area contributed by atoms with Gasteiger partial charge >= 0.3 is 5.97 Å². The van der Waals surface area contributed by atoms with E-state index in [9.17, 15) is 4.79 Å². The third-order valence-corrected chi connectivity index (χ3v) is 3.07. The lowest BCUT2D eigenvalue weighted by Crippen LogP contribution is -2.19. The van der Waals surface area contributed by atoms with Gasteiger partial charge in [0.2, 0.25) is 0 Å². The van der Waals surface area contributed by atoms with Crippen LogP contribution >= 0.6 is 0 Å². The molecule has 2 unspecified atom stereocenters. The molecule has 2 nitrogen and oxygen atoms in total. The summed E-state index contributed by atoms with van der Waals surface area (Å²) in [7, 11) is 1.47. The van der Waals surface area contributed by atoms with Crippen LogP contribution in [-0.2, 0) is 9.53 Å². The first-order chi connectivity index (χ1) is 4.77. The van der Waals surface area contributed by atoms with Gasteiger partial charge in [0, 0.05) is 0 Å². The van der Waals surface area contributed by atoms with E-state index in [1.54, 1.807) is 0 Å². The first-order valence-corrected chi connectivity index (χ1v) is 3.84. The third kappa shape index (κ3) is 0.678. The number of esters is 1. The van der Waals surface area contributed by atoms with Gasteiger partial charge in [0.05, 0.1) is 13.5 Å². The van der Waals surface area contributed by atoms with Crippen LogP contribution in [0.15, 0.2) is 0 Å². The van der Waals surface area contributed by atoms with Crippen molar-refractivity contribution in [1.82, 2.24) is 0 Å². The molecule has 0 aliphatic heterocycles. The van der Waals surface area contributed by atoms with Gasteiger partial charge in [0.1, 0.15) is 0 Å². The highest BCUT2D eigenvalue weighted by molar-refractivity contribution is 5.71. The van der Waals surface area contributed by atoms with Gasteiger partial charge in [-0.1, -0.05) is 0 Å². The van der Waals surface area contributed by atoms with Gasteiger partial charge in [-0.05, 0) is 30.6 Å². The molecule has 2 fully saturated rings. The summed E-state index contributed by atoms with van der Waals surface area (Å²) < 4.78 is 4.61. The van der Waals surface area contributed by atoms with Crippen molar-refractivity contribution >= 4 is 5.97 Å². The number of carbonyl (C=O) groups is 1. The van der Waals surface area contributed by atoms with Crippen molar-refractivity contribution in [2.24, 2.45) is 11.3 Å². The average molecular weight is 140 g/mol. The lowest BCUT2D eigenvalue weighted by Gasteiger charge is -2.23. The Morgan fingerprint density at radius 3 is 2.90 bits per heavy atom. The number of fused-ring (bicyclic) bond motifs is 1. The molecule has 56 valence electrons. The van der Waals surface area contributed by atoms with Crippen molar-refractivity contribution in [3.05, 3.63) is 0 Å². The summed E-state index contributed by atoms with van der Waals surface area (Å²) in [6.07, 6.45) is 4.56. The van der Waals surface area contributed by atoms with E-state index in [4.69, 9.17) is 0 Å². The van der Waals surface area contributed by atoms with Crippen molar-refractivity contribution in [2.75, 3.05) is 7.11 Å². The highest BCUT2D eigenvalue weighted by atomic mass is 16.5. The number of rotatable bonds is 2. The molecule has 0 spiro atoms. The van der Waals surface area contributed by atoms with E-state index in [-0.39, 0.29) is 5.97 Å². The molecule has 2 aliphatic carbocycles. The van der Waals surface area contributed by atoms with Crippen LogP contribution in [0.3, 0.4) is 0 Å². The largest absolute Gasteiger partial charge is 0.469 e. The average Bonchev–Trinajstić information content (AvgIpc) is 2.40. The summed E-state index contributed by atoms with van der Waals surface area (Å²) in [5.74, 6) is 0.855. The van der Waals surface area contributed by atoms with Crippen LogP contribution in [0.25, 0.3) is 0 Å². The molecule has 0 radical (unpaired) electrons. The van der Waals surface area contributed by atoms with Gasteiger partial charge < -0.3 is 4.74 Å². The fraction of sp³-hybridized carbons (Fsp3) is 0.875. The number of ether oxygens (including phenoxy) is 1. The fourth-order valence-corrected chi connectivity index (χ4v) is 2.06. The molecule has 0 aromatic carbocycles. The molecular formula is C8H12O2. The Kier molecular flexibility index (Phi) is 1.08. The van der Waals surface area contributed by atoms with Crippen molar-refractivity contribution in [2.45, 2.75) is 25.7 Å². The summed E-state index contributed by atoms with van der Waals surface area (Å²) in [5.41, 5.74) is 0.438. The molecule has 2 rings (SSSR count). The van der Waals surface area contributed by atoms with E-state index in [1.807, 2.05) is 0 Å². The third-order valence-electron chi connectivity index (χ3n) is 3.07. The Labute approximate surface area is 60.6 Å². The molecule has 0 saturated heterocycles. The summed E-state index contributed by atoms with van der Waals surface area (Å²) in [6.45, 7) is 0. The predicted molar refractivity (Wildman–Crippen MR) is 36.4 cm³/mol. The molecular weight excluding hydrogens is 128 g/mol. The molecule has 10 heavy (non-hydrogen) atoms. The van der Waals surface area contributed by atoms with E-state index >= 15 is 0 Å². The van der Waals surface area contributed by atoms with Crippen molar-refractivity contribution in [3.63, 3.8) is 0 Å². The Morgan fingerprint density at radius 1 is 1.80 bits per heavy atom. The molecule has 0 bridgehead atoms. The van der Waals surface area contributed by atoms with Crippen molar-refractivity contribution in [3.8, 4) is 0 Å². The van der Waals surface area contributed by atoms with Crippen LogP contribution in [0.5, 0.6) is 0 Å². The van der Waals surface area contributed by atoms with E-state index in [2.05, 4.69) is 4.74 Å². The summed E-state index contributed by atoms with van der Waals surface area (Å²) in [6, 6.07) is 0. The maximum atomic E-state index is 10.8. The summed E-state index contributed by atoms with van der Waals surface area (Å²) in [4.78, 5) is 10.8. The highest BCUT2D eigenvalue weighted by Crippen LogP contribution is 2.69. The first kappa shape index (κ1) is 6.20. The predicted octanol–water partition coefficient (Wildman–Crippen LogP) is 1.35. The molecule has 0 N–H and O–H groups in total. The topological polar surface area (TPSA) is 26.3 Å². The smallest absolute Gasteiger partial charge is 0.306 e. The fourth-order valence-electron chi connectivity index (χ4n) is 2.06. The monoisotopic (exact) mass is 140 g/mol. The zero-order chi connectivity index (χ0) is 7.19. The number of methoxy groups -OCH3 is 1. The molecule has 0 amide bonds. The van der Waals surface area contributed by atoms with Crippen LogP contribution < -0.4 is 0 Å². The van der Waals surface area contributed by atoms with E-state index < -0.39 is 0 Å². The maximum absolute atomic E-state index is 10.8. The molecule has 2 heteroatoms. The van der Waals surface area contributed by atoms with E-state index in [0.29, 0.717) is 11.8 Å². The van der Waals surface area contributed by atoms with Gasteiger partial charge in [-0.15, -0.1) is 0 Å². The molecule has 2 atom stereocenters. The van der Waals surface area contributed by atoms with Crippen LogP contribution in [0.4, 0.5) is 0 Å². The van der Waals surface area contributed by atoms with Crippen LogP contribution in [-0.4, -0.2) is 13.1 Å². The highest BCUT2D eigenvalue weighted by Gasteiger charge is 2.61. The standard InChI is InChI=1S/C8H12O2/c1-10-7(9)5-8-3-2-6(8)4-8/h6H,2-5H2,1H3. The minimum absolute atomic E-state index is 0.0257. The molecule has 2 saturated carbocycles. The second-order valence-corrected chi connectivity index (χ2v) is 3.56. The van der Waals surface area contributed by atoms with Gasteiger partial charge in [-0.2, -0.15) is 0 Å². The van der Waals surface area contributed by atoms with Gasteiger partial charge in [0.15, 0.2) is 0 Å². The van der Waals surface area contributed by atoms with E-state index in [0.717, 1.165) is 5.92 Å². The molecule has 0 heterocycles. The van der Waals surface area contributed by atoms with Crippen LogP contribution in [0.2, 0.25) is 0 Å². The van der Waals surface area contributed by atoms with Crippen molar-refractivity contribution < 1.29 is 9.53 Å². The van der Waals surface area contributed by atoms with Crippen LogP contribution in [0, 0.1) is 11.3 Å². The lowest BCUT2D eigenvalue weighted by atomic mass is 9.82. The maximum Gasteiger partial charge on any atom is 0.306 e. The number of hydrogen-bond donors (Lipinski definition) is 0. The lowest BCUT2D eigenvalue weighted by molar-refractivity contribution is -0.142. The second kappa shape index (κ2) is 1.74. The minimum Gasteiger partial charge on any atom is -0.469 e. The summed E-state index contributed by atoms with van der Waals surface area (Å²) in [5, 5.41) is 0. The Hall–Kier alpha value is -0.530. The number of hydrogen-bond acceptors (Lipinski definition) is 2. The van der Waals surface area contributed by atoms with Gasteiger partial charge in [-0.3, -0.25) is 4.79 Å². The Bertz CT molecular complexity index is 172. The van der Waals surface area contributed by atoms with Crippen LogP contribution in [0.1, 0.15) is 25.7 Å². The van der Waals surface area contributed by atoms with Gasteiger partial charge in [0.25, 0.3) is 0 Å². The van der Waals surface area contributed by atoms with Gasteiger partial charge in [-0.25, -0.2) is 0 Å². The first-order valence-electron chi connectivity index (χ1n) is 3.84. The SMILES string of the molecule is COC(=O)CC12CCC1C2. The zero-order valence-corrected chi connectivity index (χ0v) is 6.22. The summed E-state index contributed by atoms with van der Waals surface area (Å²) >= 11 is 0. The van der Waals surface area contributed by atoms with E-state index in [1.165, 1.54) is 26.4 Å². The normalized spacial score (nSPS) is 41.5. The minimum atomic E-state index is -0.0257. The Morgan fingerprint density at radius 2 is 2.60 bits per heavy atom. The quantitative estimate of drug-likeness (QED) is 0.541. The molecule has 2 aliphatic rings. The molecule has 0 aromatic heterocycles. The molecule has 0 aromatic rings. The second-order valence-electron chi connectivity index (χ2n) is 3.56. The number of carbonyl (C=O) groups excluding carboxylic acids is 1. The van der Waals surface area contributed by atoms with Crippen molar-refractivity contribution in [1.29, 1.82) is 0 Å². The Balaban J connectivity index is 1.86. The zero-order valence-electron chi connectivity index (χ0n) is 6.22.